The number of nitrogens with zero attached hydrogens (tertiary/aromatic N) is 2. The van der Waals surface area contributed by atoms with Crippen LogP contribution < -0.4 is 20.9 Å². The fraction of sp³-hybridized carbons (Fsp3) is 0.467. The van der Waals surface area contributed by atoms with Crippen LogP contribution in [-0.2, 0) is 9.59 Å². The van der Waals surface area contributed by atoms with Gasteiger partial charge >= 0.3 is 12.0 Å². The van der Waals surface area contributed by atoms with Crippen molar-refractivity contribution in [2.24, 2.45) is 5.92 Å². The van der Waals surface area contributed by atoms with E-state index in [1.807, 2.05) is 43.0 Å². The highest BCUT2D eigenvalue weighted by Gasteiger charge is 2.34. The predicted molar refractivity (Wildman–Crippen MR) is 154 cm³/mol. The topological polar surface area (TPSA) is 131 Å². The highest BCUT2D eigenvalue weighted by molar-refractivity contribution is 6.00. The molecule has 214 valence electrons. The summed E-state index contributed by atoms with van der Waals surface area (Å²) in [7, 11) is 0. The number of hydrogen-bond acceptors (Lipinski definition) is 5. The Hall–Kier alpha value is -4.08. The number of rotatable bonds is 10. The fourth-order valence-electron chi connectivity index (χ4n) is 4.89. The number of nitrogens with one attached hydrogen (secondary N) is 3. The minimum absolute atomic E-state index is 0.175. The molecule has 2 fully saturated rings. The van der Waals surface area contributed by atoms with Crippen molar-refractivity contribution in [1.82, 2.24) is 15.5 Å². The molecule has 4 amide bonds. The Morgan fingerprint density at radius 1 is 1.00 bits per heavy atom. The SMILES string of the molecule is CCCNC(=O)Nc1cc(C(=O)NC(CC(=O)O)c2ccc(C)cc2)ccc1N1CCCN(C(=O)C2CC2)CC1. The summed E-state index contributed by atoms with van der Waals surface area (Å²) in [6.07, 6.45) is 3.27. The molecule has 2 aliphatic rings. The summed E-state index contributed by atoms with van der Waals surface area (Å²) >= 11 is 0. The number of aryl methyl sites for hydroxylation is 1. The van der Waals surface area contributed by atoms with E-state index in [0.717, 1.165) is 36.9 Å². The highest BCUT2D eigenvalue weighted by Crippen LogP contribution is 2.33. The Kier molecular flexibility index (Phi) is 9.63. The second kappa shape index (κ2) is 13.3. The van der Waals surface area contributed by atoms with Crippen molar-refractivity contribution in [2.75, 3.05) is 42.9 Å². The first-order valence-corrected chi connectivity index (χ1v) is 14.1. The number of anilines is 2. The zero-order chi connectivity index (χ0) is 28.6. The summed E-state index contributed by atoms with van der Waals surface area (Å²) in [5.41, 5.74) is 3.28. The van der Waals surface area contributed by atoms with Gasteiger partial charge in [-0.3, -0.25) is 14.4 Å². The number of carboxylic acids is 1. The summed E-state index contributed by atoms with van der Waals surface area (Å²) in [4.78, 5) is 54.2. The lowest BCUT2D eigenvalue weighted by molar-refractivity contribution is -0.137. The molecule has 2 aromatic rings. The van der Waals surface area contributed by atoms with Gasteiger partial charge in [-0.25, -0.2) is 4.79 Å². The molecule has 40 heavy (non-hydrogen) atoms. The number of carboxylic acid groups (broad SMARTS) is 1. The van der Waals surface area contributed by atoms with Crippen molar-refractivity contribution < 1.29 is 24.3 Å². The Balaban J connectivity index is 1.55. The maximum atomic E-state index is 13.3. The third-order valence-corrected chi connectivity index (χ3v) is 7.28. The molecule has 0 bridgehead atoms. The molecule has 1 saturated heterocycles. The highest BCUT2D eigenvalue weighted by atomic mass is 16.4. The molecule has 0 aromatic heterocycles. The van der Waals surface area contributed by atoms with Gasteiger partial charge in [-0.1, -0.05) is 36.8 Å². The summed E-state index contributed by atoms with van der Waals surface area (Å²) < 4.78 is 0. The van der Waals surface area contributed by atoms with Gasteiger partial charge in [0, 0.05) is 44.2 Å². The minimum Gasteiger partial charge on any atom is -0.481 e. The van der Waals surface area contributed by atoms with Crippen LogP contribution in [0.25, 0.3) is 0 Å². The summed E-state index contributed by atoms with van der Waals surface area (Å²) in [6, 6.07) is 11.4. The Labute approximate surface area is 235 Å². The molecular weight excluding hydrogens is 510 g/mol. The smallest absolute Gasteiger partial charge is 0.319 e. The van der Waals surface area contributed by atoms with Crippen molar-refractivity contribution in [3.8, 4) is 0 Å². The normalized spacial score (nSPS) is 16.1. The maximum Gasteiger partial charge on any atom is 0.319 e. The number of urea groups is 1. The Bertz CT molecular complexity index is 1230. The average molecular weight is 550 g/mol. The van der Waals surface area contributed by atoms with Crippen molar-refractivity contribution in [2.45, 2.75) is 52.0 Å². The van der Waals surface area contributed by atoms with E-state index < -0.39 is 17.9 Å². The van der Waals surface area contributed by atoms with Gasteiger partial charge in [0.05, 0.1) is 23.8 Å². The molecule has 2 aromatic carbocycles. The van der Waals surface area contributed by atoms with Crippen LogP contribution in [0.2, 0.25) is 0 Å². The van der Waals surface area contributed by atoms with Gasteiger partial charge in [0.2, 0.25) is 5.91 Å². The zero-order valence-corrected chi connectivity index (χ0v) is 23.2. The molecule has 10 nitrogen and oxygen atoms in total. The molecular formula is C30H39N5O5. The molecule has 1 aliphatic carbocycles. The van der Waals surface area contributed by atoms with E-state index >= 15 is 0 Å². The number of amides is 4. The largest absolute Gasteiger partial charge is 0.481 e. The number of carbonyl (C=O) groups excluding carboxylic acids is 3. The third-order valence-electron chi connectivity index (χ3n) is 7.28. The lowest BCUT2D eigenvalue weighted by atomic mass is 10.0. The van der Waals surface area contributed by atoms with E-state index in [2.05, 4.69) is 20.9 Å². The van der Waals surface area contributed by atoms with Gasteiger partial charge in [0.15, 0.2) is 0 Å². The molecule has 1 unspecified atom stereocenters. The van der Waals surface area contributed by atoms with Gasteiger partial charge in [-0.05, 0) is 56.4 Å². The minimum atomic E-state index is -1.02. The van der Waals surface area contributed by atoms with Crippen molar-refractivity contribution in [3.05, 3.63) is 59.2 Å². The monoisotopic (exact) mass is 549 g/mol. The van der Waals surface area contributed by atoms with Crippen LogP contribution in [-0.4, -0.2) is 66.5 Å². The van der Waals surface area contributed by atoms with E-state index in [1.165, 1.54) is 0 Å². The molecule has 1 atom stereocenters. The molecule has 0 spiro atoms. The van der Waals surface area contributed by atoms with Crippen molar-refractivity contribution >= 4 is 35.2 Å². The number of carbonyl (C=O) groups is 4. The van der Waals surface area contributed by atoms with Crippen LogP contribution in [0.1, 0.15) is 66.6 Å². The quantitative estimate of drug-likeness (QED) is 0.355. The number of aliphatic carboxylic acids is 1. The van der Waals surface area contributed by atoms with E-state index in [0.29, 0.717) is 49.5 Å². The van der Waals surface area contributed by atoms with Crippen molar-refractivity contribution in [3.63, 3.8) is 0 Å². The van der Waals surface area contributed by atoms with Crippen LogP contribution in [0, 0.1) is 12.8 Å². The number of benzene rings is 2. The first kappa shape index (κ1) is 28.9. The van der Waals surface area contributed by atoms with Crippen LogP contribution in [0.4, 0.5) is 16.2 Å². The van der Waals surface area contributed by atoms with Gasteiger partial charge in [0.25, 0.3) is 5.91 Å². The van der Waals surface area contributed by atoms with Crippen LogP contribution in [0.15, 0.2) is 42.5 Å². The van der Waals surface area contributed by atoms with Gasteiger partial charge < -0.3 is 30.9 Å². The Morgan fingerprint density at radius 2 is 1.75 bits per heavy atom. The van der Waals surface area contributed by atoms with Gasteiger partial charge in [0.1, 0.15) is 0 Å². The maximum absolute atomic E-state index is 13.3. The first-order valence-electron chi connectivity index (χ1n) is 14.1. The van der Waals surface area contributed by atoms with Crippen LogP contribution in [0.3, 0.4) is 0 Å². The molecule has 1 aliphatic heterocycles. The predicted octanol–water partition coefficient (Wildman–Crippen LogP) is 3.92. The van der Waals surface area contributed by atoms with Gasteiger partial charge in [-0.2, -0.15) is 0 Å². The van der Waals surface area contributed by atoms with E-state index in [-0.39, 0.29) is 24.3 Å². The third kappa shape index (κ3) is 7.74. The van der Waals surface area contributed by atoms with Crippen LogP contribution >= 0.6 is 0 Å². The van der Waals surface area contributed by atoms with Gasteiger partial charge in [-0.15, -0.1) is 0 Å². The molecule has 0 radical (unpaired) electrons. The second-order valence-corrected chi connectivity index (χ2v) is 10.6. The average Bonchev–Trinajstić information content (AvgIpc) is 3.79. The van der Waals surface area contributed by atoms with Crippen molar-refractivity contribution in [1.29, 1.82) is 0 Å². The van der Waals surface area contributed by atoms with E-state index in [4.69, 9.17) is 0 Å². The van der Waals surface area contributed by atoms with E-state index in [9.17, 15) is 24.3 Å². The molecule has 4 rings (SSSR count). The van der Waals surface area contributed by atoms with Crippen LogP contribution in [0.5, 0.6) is 0 Å². The molecule has 1 saturated carbocycles. The lowest BCUT2D eigenvalue weighted by Gasteiger charge is -2.27. The summed E-state index contributed by atoms with van der Waals surface area (Å²) in [6.45, 7) is 7.04. The first-order chi connectivity index (χ1) is 19.2. The molecule has 4 N–H and O–H groups in total. The second-order valence-electron chi connectivity index (χ2n) is 10.6. The lowest BCUT2D eigenvalue weighted by Crippen LogP contribution is -2.36. The standard InChI is InChI=1S/C30H39N5O5/c1-3-13-31-30(40)33-25-18-23(28(38)32-24(19-27(36)37)21-7-5-20(2)6-8-21)11-12-26(25)34-14-4-15-35(17-16-34)29(39)22-9-10-22/h5-8,11-12,18,22,24H,3-4,9-10,13-17,19H2,1-2H3,(H,32,38)(H,36,37)(H2,31,33,40). The zero-order valence-electron chi connectivity index (χ0n) is 23.2. The fourth-order valence-corrected chi connectivity index (χ4v) is 4.89. The number of hydrogen-bond donors (Lipinski definition) is 4. The van der Waals surface area contributed by atoms with E-state index in [1.54, 1.807) is 18.2 Å². The molecule has 10 heteroatoms. The molecule has 1 heterocycles. The Morgan fingerprint density at radius 3 is 2.42 bits per heavy atom. The summed E-state index contributed by atoms with van der Waals surface area (Å²) in [5.74, 6) is -1.05. The summed E-state index contributed by atoms with van der Waals surface area (Å²) in [5, 5.41) is 18.0.